The first kappa shape index (κ1) is 11.1. The molecule has 0 N–H and O–H groups in total. The molecule has 0 radical (unpaired) electrons. The van der Waals surface area contributed by atoms with Crippen molar-refractivity contribution in [2.45, 2.75) is 33.6 Å². The van der Waals surface area contributed by atoms with Gasteiger partial charge in [0, 0.05) is 18.5 Å². The maximum Gasteiger partial charge on any atom is 0.135 e. The minimum Gasteiger partial charge on any atom is -0.299 e. The molecule has 76 valence electrons. The molecule has 0 saturated carbocycles. The van der Waals surface area contributed by atoms with Crippen LogP contribution in [0.5, 0.6) is 0 Å². The monoisotopic (exact) mass is 201 g/mol. The average molecular weight is 201 g/mol. The van der Waals surface area contributed by atoms with Crippen molar-refractivity contribution in [3.05, 3.63) is 0 Å². The summed E-state index contributed by atoms with van der Waals surface area (Å²) in [4.78, 5) is 11.4. The number of Topliss-reactive ketones (excluding diaryl/α,β-unsaturated/α-hetero) is 1. The summed E-state index contributed by atoms with van der Waals surface area (Å²) in [6, 6.07) is 0. The van der Waals surface area contributed by atoms with E-state index < -0.39 is 0 Å². The second kappa shape index (κ2) is 4.06. The van der Waals surface area contributed by atoms with E-state index in [1.807, 2.05) is 0 Å². The van der Waals surface area contributed by atoms with Crippen LogP contribution >= 0.6 is 9.39 Å². The number of ketones is 1. The smallest absolute Gasteiger partial charge is 0.135 e. The highest BCUT2D eigenvalue weighted by Gasteiger charge is 2.35. The fourth-order valence-electron chi connectivity index (χ4n) is 1.88. The highest BCUT2D eigenvalue weighted by molar-refractivity contribution is 7.13. The van der Waals surface area contributed by atoms with E-state index in [2.05, 4.69) is 27.9 Å². The number of hydrogen-bond acceptors (Lipinski definition) is 2. The molecule has 1 heterocycles. The first-order valence-corrected chi connectivity index (χ1v) is 5.47. The van der Waals surface area contributed by atoms with Crippen molar-refractivity contribution >= 4 is 15.2 Å². The van der Waals surface area contributed by atoms with Crippen molar-refractivity contribution in [1.82, 2.24) is 4.67 Å². The lowest BCUT2D eigenvalue weighted by Crippen LogP contribution is -2.40. The highest BCUT2D eigenvalue weighted by atomic mass is 31.0. The van der Waals surface area contributed by atoms with Gasteiger partial charge in [0.05, 0.1) is 0 Å². The summed E-state index contributed by atoms with van der Waals surface area (Å²) in [5, 5.41) is 0. The van der Waals surface area contributed by atoms with Crippen LogP contribution in [-0.2, 0) is 4.79 Å². The van der Waals surface area contributed by atoms with Gasteiger partial charge < -0.3 is 0 Å². The molecule has 2 nitrogen and oxygen atoms in total. The summed E-state index contributed by atoms with van der Waals surface area (Å²) in [6.45, 7) is 8.04. The fourth-order valence-corrected chi connectivity index (χ4v) is 2.32. The van der Waals surface area contributed by atoms with Crippen LogP contribution in [0, 0.1) is 11.3 Å². The second-order valence-corrected chi connectivity index (χ2v) is 5.34. The molecule has 0 aromatic carbocycles. The molecule has 0 bridgehead atoms. The molecule has 13 heavy (non-hydrogen) atoms. The molecule has 0 spiro atoms. The zero-order chi connectivity index (χ0) is 10.1. The van der Waals surface area contributed by atoms with Crippen LogP contribution in [0.4, 0.5) is 0 Å². The van der Waals surface area contributed by atoms with Gasteiger partial charge in [0.1, 0.15) is 5.78 Å². The SMILES string of the molecule is CC(=O)C(C)(C)C1CCCN(P)C1. The molecule has 2 unspecified atom stereocenters. The molecule has 3 heteroatoms. The van der Waals surface area contributed by atoms with Gasteiger partial charge in [0.15, 0.2) is 0 Å². The second-order valence-electron chi connectivity index (χ2n) is 4.61. The molecule has 1 saturated heterocycles. The molecular formula is C10H20NOP. The predicted molar refractivity (Wildman–Crippen MR) is 58.5 cm³/mol. The lowest BCUT2D eigenvalue weighted by molar-refractivity contribution is -0.128. The lowest BCUT2D eigenvalue weighted by Gasteiger charge is -2.38. The molecule has 2 atom stereocenters. The van der Waals surface area contributed by atoms with Gasteiger partial charge in [-0.25, -0.2) is 0 Å². The normalized spacial score (nSPS) is 26.0. The summed E-state index contributed by atoms with van der Waals surface area (Å²) in [5.74, 6) is 0.842. The Balaban J connectivity index is 2.64. The van der Waals surface area contributed by atoms with Crippen molar-refractivity contribution in [2.24, 2.45) is 11.3 Å². The topological polar surface area (TPSA) is 20.3 Å². The third-order valence-electron chi connectivity index (χ3n) is 3.38. The van der Waals surface area contributed by atoms with E-state index in [1.54, 1.807) is 6.92 Å². The van der Waals surface area contributed by atoms with Gasteiger partial charge in [-0.05, 0) is 25.7 Å². The summed E-state index contributed by atoms with van der Waals surface area (Å²) in [5.41, 5.74) is -0.144. The first-order valence-electron chi connectivity index (χ1n) is 4.95. The van der Waals surface area contributed by atoms with Crippen molar-refractivity contribution in [3.63, 3.8) is 0 Å². The van der Waals surface area contributed by atoms with Crippen molar-refractivity contribution in [3.8, 4) is 0 Å². The zero-order valence-electron chi connectivity index (χ0n) is 8.84. The molecule has 0 aliphatic carbocycles. The number of nitrogens with zero attached hydrogens (tertiary/aromatic N) is 1. The van der Waals surface area contributed by atoms with Crippen LogP contribution < -0.4 is 0 Å². The summed E-state index contributed by atoms with van der Waals surface area (Å²) in [6.07, 6.45) is 2.41. The van der Waals surface area contributed by atoms with Gasteiger partial charge >= 0.3 is 0 Å². The Morgan fingerprint density at radius 3 is 2.62 bits per heavy atom. The molecular weight excluding hydrogens is 181 g/mol. The van der Waals surface area contributed by atoms with Gasteiger partial charge in [0.2, 0.25) is 0 Å². The van der Waals surface area contributed by atoms with Gasteiger partial charge in [0.25, 0.3) is 0 Å². The average Bonchev–Trinajstić information content (AvgIpc) is 2.04. The minimum absolute atomic E-state index is 0.144. The van der Waals surface area contributed by atoms with E-state index in [9.17, 15) is 4.79 Å². The first-order chi connectivity index (χ1) is 5.94. The molecule has 0 aromatic heterocycles. The van der Waals surface area contributed by atoms with E-state index >= 15 is 0 Å². The molecule has 1 aliphatic heterocycles. The number of rotatable bonds is 2. The van der Waals surface area contributed by atoms with Crippen LogP contribution in [0.25, 0.3) is 0 Å². The standard InChI is InChI=1S/C10H20NOP/c1-8(12)10(2,3)9-5-4-6-11(13)7-9/h9H,4-7,13H2,1-3H3. The Bertz CT molecular complexity index is 203. The van der Waals surface area contributed by atoms with Gasteiger partial charge in [-0.3, -0.25) is 9.46 Å². The number of piperidine rings is 1. The summed E-state index contributed by atoms with van der Waals surface area (Å²) in [7, 11) is 2.74. The minimum atomic E-state index is -0.144. The Kier molecular flexibility index (Phi) is 3.48. The summed E-state index contributed by atoms with van der Waals surface area (Å²) < 4.78 is 2.25. The maximum atomic E-state index is 11.4. The molecule has 1 rings (SSSR count). The number of carbonyl (C=O) groups excluding carboxylic acids is 1. The summed E-state index contributed by atoms with van der Waals surface area (Å²) >= 11 is 0. The Labute approximate surface area is 83.3 Å². The number of carbonyl (C=O) groups is 1. The number of hydrogen-bond donors (Lipinski definition) is 0. The Morgan fingerprint density at radius 1 is 1.54 bits per heavy atom. The van der Waals surface area contributed by atoms with Crippen LogP contribution in [0.15, 0.2) is 0 Å². The third-order valence-corrected chi connectivity index (χ3v) is 3.85. The Hall–Kier alpha value is 0.0600. The zero-order valence-corrected chi connectivity index (χ0v) is 9.99. The van der Waals surface area contributed by atoms with E-state index in [-0.39, 0.29) is 5.41 Å². The van der Waals surface area contributed by atoms with Crippen molar-refractivity contribution < 1.29 is 4.79 Å². The Morgan fingerprint density at radius 2 is 2.15 bits per heavy atom. The highest BCUT2D eigenvalue weighted by Crippen LogP contribution is 2.35. The van der Waals surface area contributed by atoms with Crippen LogP contribution in [0.1, 0.15) is 33.6 Å². The van der Waals surface area contributed by atoms with Gasteiger partial charge in [-0.15, -0.1) is 0 Å². The van der Waals surface area contributed by atoms with Crippen LogP contribution in [0.3, 0.4) is 0 Å². The molecule has 0 amide bonds. The predicted octanol–water partition coefficient (Wildman–Crippen LogP) is 2.10. The van der Waals surface area contributed by atoms with Crippen LogP contribution in [0.2, 0.25) is 0 Å². The quantitative estimate of drug-likeness (QED) is 0.638. The lowest BCUT2D eigenvalue weighted by atomic mass is 9.72. The fraction of sp³-hybridized carbons (Fsp3) is 0.900. The van der Waals surface area contributed by atoms with E-state index in [0.717, 1.165) is 13.1 Å². The maximum absolute atomic E-state index is 11.4. The van der Waals surface area contributed by atoms with Crippen molar-refractivity contribution in [1.29, 1.82) is 0 Å². The molecule has 1 fully saturated rings. The van der Waals surface area contributed by atoms with Crippen molar-refractivity contribution in [2.75, 3.05) is 13.1 Å². The van der Waals surface area contributed by atoms with E-state index in [4.69, 9.17) is 0 Å². The molecule has 0 aromatic rings. The van der Waals surface area contributed by atoms with Gasteiger partial charge in [-0.1, -0.05) is 23.2 Å². The largest absolute Gasteiger partial charge is 0.299 e. The van der Waals surface area contributed by atoms with Gasteiger partial charge in [-0.2, -0.15) is 0 Å². The van der Waals surface area contributed by atoms with E-state index in [1.165, 1.54) is 12.8 Å². The van der Waals surface area contributed by atoms with Crippen LogP contribution in [-0.4, -0.2) is 23.5 Å². The molecule has 1 aliphatic rings. The van der Waals surface area contributed by atoms with E-state index in [0.29, 0.717) is 11.7 Å². The third kappa shape index (κ3) is 2.51.